The van der Waals surface area contributed by atoms with E-state index in [0.717, 1.165) is 25.9 Å². The molecule has 0 aromatic carbocycles. The fourth-order valence-electron chi connectivity index (χ4n) is 3.79. The molecule has 2 rings (SSSR count). The van der Waals surface area contributed by atoms with Gasteiger partial charge in [-0.15, -0.1) is 0 Å². The number of nitrogens with zero attached hydrogens (tertiary/aromatic N) is 2. The number of ether oxygens (including phenoxy) is 2. The maximum Gasteiger partial charge on any atom is 0.410 e. The van der Waals surface area contributed by atoms with Gasteiger partial charge in [0.05, 0.1) is 0 Å². The summed E-state index contributed by atoms with van der Waals surface area (Å²) < 4.78 is 10.7. The van der Waals surface area contributed by atoms with Crippen LogP contribution in [0.2, 0.25) is 0 Å². The number of amides is 2. The summed E-state index contributed by atoms with van der Waals surface area (Å²) in [4.78, 5) is 27.2. The molecule has 0 spiro atoms. The van der Waals surface area contributed by atoms with E-state index in [0.29, 0.717) is 24.9 Å². The number of carbonyl (C=O) groups is 2. The summed E-state index contributed by atoms with van der Waals surface area (Å²) in [7, 11) is 0. The highest BCUT2D eigenvalue weighted by Crippen LogP contribution is 2.26. The zero-order valence-corrected chi connectivity index (χ0v) is 20.2. The number of hydrogen-bond acceptors (Lipinski definition) is 6. The van der Waals surface area contributed by atoms with Crippen molar-refractivity contribution in [1.82, 2.24) is 9.80 Å². The highest BCUT2D eigenvalue weighted by molar-refractivity contribution is 5.69. The summed E-state index contributed by atoms with van der Waals surface area (Å²) in [6, 6.07) is 0.398. The first-order valence-corrected chi connectivity index (χ1v) is 11.1. The van der Waals surface area contributed by atoms with E-state index in [4.69, 9.17) is 20.9 Å². The van der Waals surface area contributed by atoms with Gasteiger partial charge in [-0.3, -0.25) is 0 Å². The number of likely N-dealkylation sites (tertiary alicyclic amines) is 2. The molecule has 8 nitrogen and oxygen atoms in total. The second-order valence-electron chi connectivity index (χ2n) is 10.4. The van der Waals surface area contributed by atoms with Crippen LogP contribution in [0.5, 0.6) is 0 Å². The minimum atomic E-state index is -0.419. The Morgan fingerprint density at radius 2 is 1.07 bits per heavy atom. The molecule has 8 heteroatoms. The van der Waals surface area contributed by atoms with E-state index < -0.39 is 11.2 Å². The van der Waals surface area contributed by atoms with E-state index in [1.807, 2.05) is 55.4 Å². The molecule has 4 atom stereocenters. The average molecular weight is 429 g/mol. The van der Waals surface area contributed by atoms with Gasteiger partial charge >= 0.3 is 12.2 Å². The van der Waals surface area contributed by atoms with Gasteiger partial charge in [0.1, 0.15) is 11.2 Å². The largest absolute Gasteiger partial charge is 0.444 e. The van der Waals surface area contributed by atoms with Crippen LogP contribution in [0.25, 0.3) is 0 Å². The zero-order chi connectivity index (χ0) is 23.3. The average Bonchev–Trinajstić information content (AvgIpc) is 3.14. The molecule has 2 amide bonds. The van der Waals surface area contributed by atoms with Gasteiger partial charge < -0.3 is 30.7 Å². The molecule has 2 aliphatic rings. The van der Waals surface area contributed by atoms with Gasteiger partial charge in [0.2, 0.25) is 0 Å². The van der Waals surface area contributed by atoms with Crippen LogP contribution in [0.3, 0.4) is 0 Å². The lowest BCUT2D eigenvalue weighted by atomic mass is 10.0. The Kier molecular flexibility index (Phi) is 9.42. The molecular formula is C22H44N4O4. The van der Waals surface area contributed by atoms with Crippen molar-refractivity contribution in [3.8, 4) is 0 Å². The molecule has 0 bridgehead atoms. The van der Waals surface area contributed by atoms with Crippen LogP contribution in [-0.4, -0.2) is 71.5 Å². The van der Waals surface area contributed by atoms with Gasteiger partial charge in [-0.1, -0.05) is 0 Å². The van der Waals surface area contributed by atoms with Gasteiger partial charge in [-0.2, -0.15) is 0 Å². The summed E-state index contributed by atoms with van der Waals surface area (Å²) in [6.07, 6.45) is 1.53. The molecule has 30 heavy (non-hydrogen) atoms. The Morgan fingerprint density at radius 1 is 0.767 bits per heavy atom. The molecule has 0 aliphatic carbocycles. The van der Waals surface area contributed by atoms with E-state index in [9.17, 15) is 9.59 Å². The van der Waals surface area contributed by atoms with Crippen LogP contribution in [-0.2, 0) is 9.47 Å². The molecular weight excluding hydrogens is 384 g/mol. The molecule has 0 unspecified atom stereocenters. The lowest BCUT2D eigenvalue weighted by Crippen LogP contribution is -2.40. The van der Waals surface area contributed by atoms with Gasteiger partial charge in [-0.05, 0) is 93.2 Å². The molecule has 2 fully saturated rings. The maximum atomic E-state index is 11.8. The molecule has 2 heterocycles. The Labute approximate surface area is 182 Å². The summed E-state index contributed by atoms with van der Waals surface area (Å²) >= 11 is 0. The second-order valence-corrected chi connectivity index (χ2v) is 10.4. The summed E-state index contributed by atoms with van der Waals surface area (Å²) in [5.41, 5.74) is 10.4. The maximum absolute atomic E-state index is 11.8. The van der Waals surface area contributed by atoms with Crippen molar-refractivity contribution in [2.45, 2.75) is 91.5 Å². The van der Waals surface area contributed by atoms with E-state index in [2.05, 4.69) is 0 Å². The predicted molar refractivity (Wildman–Crippen MR) is 119 cm³/mol. The van der Waals surface area contributed by atoms with Crippen LogP contribution >= 0.6 is 0 Å². The van der Waals surface area contributed by atoms with Crippen molar-refractivity contribution in [2.24, 2.45) is 23.3 Å². The molecule has 0 aromatic heterocycles. The molecule has 0 radical (unpaired) electrons. The Balaban J connectivity index is 0.000000300. The molecule has 0 aromatic rings. The fourth-order valence-corrected chi connectivity index (χ4v) is 3.79. The zero-order valence-electron chi connectivity index (χ0n) is 20.2. The van der Waals surface area contributed by atoms with Crippen molar-refractivity contribution in [1.29, 1.82) is 0 Å². The number of rotatable bonds is 2. The van der Waals surface area contributed by atoms with Crippen molar-refractivity contribution < 1.29 is 19.1 Å². The second kappa shape index (κ2) is 10.7. The van der Waals surface area contributed by atoms with Crippen LogP contribution in [0.4, 0.5) is 9.59 Å². The van der Waals surface area contributed by atoms with Gasteiger partial charge in [-0.25, -0.2) is 9.59 Å². The minimum absolute atomic E-state index is 0.199. The van der Waals surface area contributed by atoms with Crippen LogP contribution in [0, 0.1) is 11.8 Å². The number of nitrogens with two attached hydrogens (primary N) is 2. The van der Waals surface area contributed by atoms with Crippen molar-refractivity contribution in [3.63, 3.8) is 0 Å². The van der Waals surface area contributed by atoms with E-state index in [1.54, 1.807) is 9.80 Å². The lowest BCUT2D eigenvalue weighted by Gasteiger charge is -2.28. The first-order chi connectivity index (χ1) is 13.7. The normalized spacial score (nSPS) is 26.9. The molecule has 2 saturated heterocycles. The standard InChI is InChI=1S/2C11H22N2O2/c2*1-8-9(7-12)5-6-13(8)10(14)15-11(2,3)4/h2*8-9H,5-7,12H2,1-4H3/t8-,9+;8-,9-/m11/s1. The van der Waals surface area contributed by atoms with Crippen molar-refractivity contribution >= 4 is 12.2 Å². The number of carbonyl (C=O) groups excluding carboxylic acids is 2. The van der Waals surface area contributed by atoms with E-state index in [1.165, 1.54) is 0 Å². The van der Waals surface area contributed by atoms with Gasteiger partial charge in [0, 0.05) is 25.2 Å². The molecule has 2 aliphatic heterocycles. The third-order valence-corrected chi connectivity index (χ3v) is 5.69. The Morgan fingerprint density at radius 3 is 1.27 bits per heavy atom. The van der Waals surface area contributed by atoms with E-state index in [-0.39, 0.29) is 24.3 Å². The summed E-state index contributed by atoms with van der Waals surface area (Å²) in [5, 5.41) is 0. The van der Waals surface area contributed by atoms with Gasteiger partial charge in [0.25, 0.3) is 0 Å². The number of hydrogen-bond donors (Lipinski definition) is 2. The first-order valence-electron chi connectivity index (χ1n) is 11.1. The topological polar surface area (TPSA) is 111 Å². The van der Waals surface area contributed by atoms with E-state index >= 15 is 0 Å². The third kappa shape index (κ3) is 7.95. The lowest BCUT2D eigenvalue weighted by molar-refractivity contribution is 0.0213. The first kappa shape index (κ1) is 26.5. The molecule has 176 valence electrons. The Hall–Kier alpha value is -1.54. The summed E-state index contributed by atoms with van der Waals surface area (Å²) in [6.45, 7) is 18.2. The van der Waals surface area contributed by atoms with Gasteiger partial charge in [0.15, 0.2) is 0 Å². The highest BCUT2D eigenvalue weighted by Gasteiger charge is 2.36. The predicted octanol–water partition coefficient (Wildman–Crippen LogP) is 3.18. The fraction of sp³-hybridized carbons (Fsp3) is 0.909. The summed E-state index contributed by atoms with van der Waals surface area (Å²) in [5.74, 6) is 0.829. The van der Waals surface area contributed by atoms with Crippen LogP contribution in [0.15, 0.2) is 0 Å². The molecule has 4 N–H and O–H groups in total. The smallest absolute Gasteiger partial charge is 0.410 e. The SMILES string of the molecule is C[C@@H]1[C@@H](CN)CCN1C(=O)OC(C)(C)C.C[C@@H]1[C@H](CN)CCN1C(=O)OC(C)(C)C. The highest BCUT2D eigenvalue weighted by atomic mass is 16.6. The monoisotopic (exact) mass is 428 g/mol. The quantitative estimate of drug-likeness (QED) is 0.699. The van der Waals surface area contributed by atoms with Crippen LogP contribution in [0.1, 0.15) is 68.2 Å². The molecule has 0 saturated carbocycles. The van der Waals surface area contributed by atoms with Crippen molar-refractivity contribution in [2.75, 3.05) is 26.2 Å². The third-order valence-electron chi connectivity index (χ3n) is 5.69. The van der Waals surface area contributed by atoms with Crippen LogP contribution < -0.4 is 11.5 Å². The minimum Gasteiger partial charge on any atom is -0.444 e. The Bertz CT molecular complexity index is 520. The van der Waals surface area contributed by atoms with Crippen molar-refractivity contribution in [3.05, 3.63) is 0 Å².